The summed E-state index contributed by atoms with van der Waals surface area (Å²) in [6.45, 7) is 11.4. The highest BCUT2D eigenvalue weighted by Gasteiger charge is 2.14. The molecule has 0 saturated carbocycles. The van der Waals surface area contributed by atoms with Gasteiger partial charge in [0.25, 0.3) is 0 Å². The van der Waals surface area contributed by atoms with Crippen LogP contribution in [0.5, 0.6) is 0 Å². The van der Waals surface area contributed by atoms with Crippen molar-refractivity contribution < 1.29 is 5.11 Å². The van der Waals surface area contributed by atoms with E-state index in [0.29, 0.717) is 18.4 Å². The molecular weight excluding hydrogens is 220 g/mol. The minimum atomic E-state index is 0.215. The Morgan fingerprint density at radius 2 is 1.61 bits per heavy atom. The first-order valence-electron chi connectivity index (χ1n) is 7.03. The molecule has 0 aliphatic carbocycles. The van der Waals surface area contributed by atoms with Gasteiger partial charge in [0.15, 0.2) is 0 Å². The second-order valence-electron chi connectivity index (χ2n) is 6.83. The van der Waals surface area contributed by atoms with Crippen LogP contribution in [0.15, 0.2) is 24.3 Å². The maximum atomic E-state index is 9.42. The first-order chi connectivity index (χ1) is 8.32. The number of aliphatic hydroxyl groups excluding tert-OH is 1. The van der Waals surface area contributed by atoms with Crippen LogP contribution >= 0.6 is 0 Å². The van der Waals surface area contributed by atoms with Gasteiger partial charge < -0.3 is 5.11 Å². The van der Waals surface area contributed by atoms with Gasteiger partial charge in [-0.15, -0.1) is 0 Å². The van der Waals surface area contributed by atoms with Crippen LogP contribution in [0.1, 0.15) is 52.2 Å². The van der Waals surface area contributed by atoms with Crippen LogP contribution in [0.25, 0.3) is 0 Å². The SMILES string of the molecule is CC(C)CC(CO)Cc1ccc(C(C)(C)C)cc1. The lowest BCUT2D eigenvalue weighted by Gasteiger charge is -2.20. The van der Waals surface area contributed by atoms with Crippen molar-refractivity contribution in [2.75, 3.05) is 6.61 Å². The summed E-state index contributed by atoms with van der Waals surface area (Å²) < 4.78 is 0. The minimum absolute atomic E-state index is 0.215. The summed E-state index contributed by atoms with van der Waals surface area (Å²) in [5.41, 5.74) is 2.92. The van der Waals surface area contributed by atoms with Crippen molar-refractivity contribution in [3.8, 4) is 0 Å². The normalized spacial score (nSPS) is 13.9. The molecule has 0 aromatic heterocycles. The summed E-state index contributed by atoms with van der Waals surface area (Å²) in [6.07, 6.45) is 2.08. The highest BCUT2D eigenvalue weighted by molar-refractivity contribution is 5.27. The molecule has 0 aliphatic heterocycles. The summed E-state index contributed by atoms with van der Waals surface area (Å²) >= 11 is 0. The monoisotopic (exact) mass is 248 g/mol. The molecule has 0 aliphatic rings. The largest absolute Gasteiger partial charge is 0.396 e. The van der Waals surface area contributed by atoms with E-state index in [2.05, 4.69) is 58.9 Å². The molecule has 1 atom stereocenters. The van der Waals surface area contributed by atoms with E-state index in [-0.39, 0.29) is 5.41 Å². The molecule has 0 fully saturated rings. The molecule has 0 heterocycles. The zero-order valence-electron chi connectivity index (χ0n) is 12.5. The third kappa shape index (κ3) is 4.81. The lowest BCUT2D eigenvalue weighted by Crippen LogP contribution is -2.13. The molecule has 0 bridgehead atoms. The average molecular weight is 248 g/mol. The third-order valence-corrected chi connectivity index (χ3v) is 3.41. The van der Waals surface area contributed by atoms with Gasteiger partial charge in [0, 0.05) is 6.61 Å². The Kier molecular flexibility index (Phi) is 5.40. The molecule has 1 rings (SSSR count). The van der Waals surface area contributed by atoms with E-state index < -0.39 is 0 Å². The third-order valence-electron chi connectivity index (χ3n) is 3.41. The second kappa shape index (κ2) is 6.38. The standard InChI is InChI=1S/C17H28O/c1-13(2)10-15(12-18)11-14-6-8-16(9-7-14)17(3,4)5/h6-9,13,15,18H,10-12H2,1-5H3. The average Bonchev–Trinajstić information content (AvgIpc) is 2.27. The van der Waals surface area contributed by atoms with Crippen molar-refractivity contribution in [3.63, 3.8) is 0 Å². The van der Waals surface area contributed by atoms with Crippen LogP contribution in [0, 0.1) is 11.8 Å². The van der Waals surface area contributed by atoms with Crippen LogP contribution in [0.4, 0.5) is 0 Å². The summed E-state index contributed by atoms with van der Waals surface area (Å²) in [5, 5.41) is 9.42. The fourth-order valence-electron chi connectivity index (χ4n) is 2.36. The van der Waals surface area contributed by atoms with Crippen molar-refractivity contribution in [1.29, 1.82) is 0 Å². The van der Waals surface area contributed by atoms with Crippen LogP contribution in [0.3, 0.4) is 0 Å². The van der Waals surface area contributed by atoms with Gasteiger partial charge in [-0.25, -0.2) is 0 Å². The van der Waals surface area contributed by atoms with E-state index in [0.717, 1.165) is 12.8 Å². The van der Waals surface area contributed by atoms with Crippen molar-refractivity contribution in [2.45, 2.75) is 52.9 Å². The molecule has 1 aromatic carbocycles. The Balaban J connectivity index is 2.68. The first kappa shape index (κ1) is 15.2. The van der Waals surface area contributed by atoms with Gasteiger partial charge in [0.05, 0.1) is 0 Å². The van der Waals surface area contributed by atoms with E-state index in [9.17, 15) is 5.11 Å². The molecule has 1 heteroatoms. The molecule has 1 aromatic rings. The fraction of sp³-hybridized carbons (Fsp3) is 0.647. The van der Waals surface area contributed by atoms with Gasteiger partial charge in [-0.1, -0.05) is 58.9 Å². The molecule has 0 saturated heterocycles. The Labute approximate surface area is 112 Å². The van der Waals surface area contributed by atoms with E-state index in [1.165, 1.54) is 11.1 Å². The summed E-state index contributed by atoms with van der Waals surface area (Å²) in [7, 11) is 0. The summed E-state index contributed by atoms with van der Waals surface area (Å²) in [4.78, 5) is 0. The zero-order chi connectivity index (χ0) is 13.8. The lowest BCUT2D eigenvalue weighted by atomic mass is 9.85. The lowest BCUT2D eigenvalue weighted by molar-refractivity contribution is 0.205. The highest BCUT2D eigenvalue weighted by atomic mass is 16.3. The van der Waals surface area contributed by atoms with E-state index in [1.54, 1.807) is 0 Å². The van der Waals surface area contributed by atoms with Gasteiger partial charge in [-0.2, -0.15) is 0 Å². The Hall–Kier alpha value is -0.820. The zero-order valence-corrected chi connectivity index (χ0v) is 12.5. The maximum absolute atomic E-state index is 9.42. The Morgan fingerprint density at radius 3 is 2.00 bits per heavy atom. The topological polar surface area (TPSA) is 20.2 Å². The van der Waals surface area contributed by atoms with Crippen LogP contribution in [-0.4, -0.2) is 11.7 Å². The fourth-order valence-corrected chi connectivity index (χ4v) is 2.36. The van der Waals surface area contributed by atoms with Crippen molar-refractivity contribution in [3.05, 3.63) is 35.4 Å². The van der Waals surface area contributed by atoms with Crippen molar-refractivity contribution in [1.82, 2.24) is 0 Å². The van der Waals surface area contributed by atoms with Crippen molar-refractivity contribution in [2.24, 2.45) is 11.8 Å². The molecule has 1 N–H and O–H groups in total. The molecule has 102 valence electrons. The number of aliphatic hydroxyl groups is 1. The number of benzene rings is 1. The van der Waals surface area contributed by atoms with E-state index >= 15 is 0 Å². The number of hydrogen-bond donors (Lipinski definition) is 1. The predicted octanol–water partition coefficient (Wildman–Crippen LogP) is 4.18. The molecule has 0 radical (unpaired) electrons. The number of hydrogen-bond acceptors (Lipinski definition) is 1. The second-order valence-corrected chi connectivity index (χ2v) is 6.83. The van der Waals surface area contributed by atoms with E-state index in [4.69, 9.17) is 0 Å². The van der Waals surface area contributed by atoms with Gasteiger partial charge >= 0.3 is 0 Å². The van der Waals surface area contributed by atoms with Gasteiger partial charge in [-0.3, -0.25) is 0 Å². The maximum Gasteiger partial charge on any atom is 0.0462 e. The summed E-state index contributed by atoms with van der Waals surface area (Å²) in [5.74, 6) is 1.04. The van der Waals surface area contributed by atoms with Gasteiger partial charge in [0.1, 0.15) is 0 Å². The predicted molar refractivity (Wildman–Crippen MR) is 78.9 cm³/mol. The minimum Gasteiger partial charge on any atom is -0.396 e. The Morgan fingerprint density at radius 1 is 1.06 bits per heavy atom. The molecular formula is C17H28O. The number of rotatable bonds is 5. The smallest absolute Gasteiger partial charge is 0.0462 e. The Bertz CT molecular complexity index is 343. The van der Waals surface area contributed by atoms with Crippen LogP contribution in [-0.2, 0) is 11.8 Å². The van der Waals surface area contributed by atoms with Crippen LogP contribution in [0.2, 0.25) is 0 Å². The quantitative estimate of drug-likeness (QED) is 0.828. The molecule has 1 nitrogen and oxygen atoms in total. The molecule has 18 heavy (non-hydrogen) atoms. The molecule has 0 spiro atoms. The molecule has 1 unspecified atom stereocenters. The van der Waals surface area contributed by atoms with Gasteiger partial charge in [-0.05, 0) is 41.2 Å². The summed E-state index contributed by atoms with van der Waals surface area (Å²) in [6, 6.07) is 8.87. The van der Waals surface area contributed by atoms with Crippen LogP contribution < -0.4 is 0 Å². The van der Waals surface area contributed by atoms with Crippen molar-refractivity contribution >= 4 is 0 Å². The first-order valence-corrected chi connectivity index (χ1v) is 7.03. The van der Waals surface area contributed by atoms with E-state index in [1.807, 2.05) is 0 Å². The van der Waals surface area contributed by atoms with Gasteiger partial charge in [0.2, 0.25) is 0 Å². The highest BCUT2D eigenvalue weighted by Crippen LogP contribution is 2.23. The molecule has 0 amide bonds.